The molecule has 0 bridgehead atoms. The van der Waals surface area contributed by atoms with Crippen molar-refractivity contribution >= 4 is 12.2 Å². The largest absolute Gasteiger partial charge is 0.417 e. The molecule has 1 aromatic heterocycles. The van der Waals surface area contributed by atoms with E-state index in [9.17, 15) is 13.2 Å². The van der Waals surface area contributed by atoms with Gasteiger partial charge in [0.25, 0.3) is 0 Å². The third-order valence-corrected chi connectivity index (χ3v) is 3.12. The van der Waals surface area contributed by atoms with Gasteiger partial charge in [0.15, 0.2) is 0 Å². The van der Waals surface area contributed by atoms with E-state index in [0.717, 1.165) is 17.7 Å². The van der Waals surface area contributed by atoms with Gasteiger partial charge in [-0.1, -0.05) is 30.3 Å². The lowest BCUT2D eigenvalue weighted by atomic mass is 10.1. The molecule has 116 valence electrons. The molecule has 0 aliphatic heterocycles. The fourth-order valence-corrected chi connectivity index (χ4v) is 1.95. The highest BCUT2D eigenvalue weighted by Crippen LogP contribution is 2.30. The van der Waals surface area contributed by atoms with E-state index < -0.39 is 11.7 Å². The first-order valence-electron chi connectivity index (χ1n) is 6.77. The third kappa shape index (κ3) is 3.66. The molecule has 0 atom stereocenters. The molecule has 3 rings (SSSR count). The Morgan fingerprint density at radius 2 is 1.52 bits per heavy atom. The summed E-state index contributed by atoms with van der Waals surface area (Å²) in [5.74, 6) is 0.454. The molecule has 23 heavy (non-hydrogen) atoms. The van der Waals surface area contributed by atoms with Gasteiger partial charge in [0.2, 0.25) is 11.8 Å². The fourth-order valence-electron chi connectivity index (χ4n) is 1.95. The van der Waals surface area contributed by atoms with E-state index in [0.29, 0.717) is 5.56 Å². The van der Waals surface area contributed by atoms with Gasteiger partial charge < -0.3 is 4.42 Å². The molecule has 3 aromatic rings. The molecular weight excluding hydrogens is 305 g/mol. The lowest BCUT2D eigenvalue weighted by Crippen LogP contribution is -2.03. The quantitative estimate of drug-likeness (QED) is 0.688. The summed E-state index contributed by atoms with van der Waals surface area (Å²) < 4.78 is 43.0. The van der Waals surface area contributed by atoms with Crippen LogP contribution in [-0.4, -0.2) is 10.2 Å². The molecule has 0 N–H and O–H groups in total. The summed E-state index contributed by atoms with van der Waals surface area (Å²) in [4.78, 5) is 0. The predicted molar refractivity (Wildman–Crippen MR) is 80.1 cm³/mol. The summed E-state index contributed by atoms with van der Waals surface area (Å²) in [7, 11) is 0. The Labute approximate surface area is 130 Å². The van der Waals surface area contributed by atoms with Crippen LogP contribution in [0.5, 0.6) is 0 Å². The van der Waals surface area contributed by atoms with Crippen molar-refractivity contribution in [1.82, 2.24) is 10.2 Å². The van der Waals surface area contributed by atoms with Crippen LogP contribution in [0.1, 0.15) is 17.0 Å². The molecule has 2 aromatic carbocycles. The van der Waals surface area contributed by atoms with Crippen LogP contribution < -0.4 is 0 Å². The average molecular weight is 316 g/mol. The Hall–Kier alpha value is -2.89. The molecule has 0 saturated carbocycles. The molecule has 0 aliphatic rings. The summed E-state index contributed by atoms with van der Waals surface area (Å²) in [6, 6.07) is 14.1. The molecule has 3 nitrogen and oxygen atoms in total. The van der Waals surface area contributed by atoms with Gasteiger partial charge in [-0.05, 0) is 35.9 Å². The maximum absolute atomic E-state index is 12.5. The van der Waals surface area contributed by atoms with Crippen LogP contribution in [0.3, 0.4) is 0 Å². The van der Waals surface area contributed by atoms with E-state index in [1.165, 1.54) is 12.1 Å². The van der Waals surface area contributed by atoms with Crippen LogP contribution >= 0.6 is 0 Å². The minimum atomic E-state index is -4.36. The standard InChI is InChI=1S/C17H11F3N2O/c18-17(19,20)14-9-7-13(8-10-14)16-22-21-15(23-16)11-6-12-4-2-1-3-5-12/h1-11H. The predicted octanol–water partition coefficient (Wildman–Crippen LogP) is 4.93. The highest BCUT2D eigenvalue weighted by atomic mass is 19.4. The summed E-state index contributed by atoms with van der Waals surface area (Å²) >= 11 is 0. The van der Waals surface area contributed by atoms with Crippen molar-refractivity contribution in [2.24, 2.45) is 0 Å². The number of hydrogen-bond acceptors (Lipinski definition) is 3. The number of rotatable bonds is 3. The van der Waals surface area contributed by atoms with Crippen LogP contribution in [0.4, 0.5) is 13.2 Å². The van der Waals surface area contributed by atoms with E-state index in [-0.39, 0.29) is 11.8 Å². The fraction of sp³-hybridized carbons (Fsp3) is 0.0588. The Bertz CT molecular complexity index is 806. The molecule has 1 heterocycles. The smallest absolute Gasteiger partial charge is 0.416 e. The number of aromatic nitrogens is 2. The minimum Gasteiger partial charge on any atom is -0.417 e. The van der Waals surface area contributed by atoms with Crippen molar-refractivity contribution in [1.29, 1.82) is 0 Å². The number of alkyl halides is 3. The molecule has 0 aliphatic carbocycles. The van der Waals surface area contributed by atoms with Crippen LogP contribution in [0.2, 0.25) is 0 Å². The average Bonchev–Trinajstić information content (AvgIpc) is 3.02. The number of nitrogens with zero attached hydrogens (tertiary/aromatic N) is 2. The van der Waals surface area contributed by atoms with Crippen LogP contribution in [0, 0.1) is 0 Å². The highest BCUT2D eigenvalue weighted by molar-refractivity contribution is 5.66. The molecule has 0 fully saturated rings. The zero-order valence-corrected chi connectivity index (χ0v) is 11.8. The van der Waals surface area contributed by atoms with Crippen molar-refractivity contribution in [3.63, 3.8) is 0 Å². The van der Waals surface area contributed by atoms with Crippen molar-refractivity contribution in [2.45, 2.75) is 6.18 Å². The monoisotopic (exact) mass is 316 g/mol. The first kappa shape index (κ1) is 15.0. The zero-order valence-electron chi connectivity index (χ0n) is 11.8. The zero-order chi connectivity index (χ0) is 16.3. The van der Waals surface area contributed by atoms with Crippen LogP contribution in [0.15, 0.2) is 59.0 Å². The number of hydrogen-bond donors (Lipinski definition) is 0. The normalized spacial score (nSPS) is 12.0. The van der Waals surface area contributed by atoms with E-state index in [2.05, 4.69) is 10.2 Å². The Morgan fingerprint density at radius 1 is 0.826 bits per heavy atom. The van der Waals surface area contributed by atoms with Crippen molar-refractivity contribution < 1.29 is 17.6 Å². The third-order valence-electron chi connectivity index (χ3n) is 3.12. The van der Waals surface area contributed by atoms with E-state index >= 15 is 0 Å². The van der Waals surface area contributed by atoms with Crippen LogP contribution in [-0.2, 0) is 6.18 Å². The van der Waals surface area contributed by atoms with Crippen molar-refractivity contribution in [2.75, 3.05) is 0 Å². The molecular formula is C17H11F3N2O. The van der Waals surface area contributed by atoms with Gasteiger partial charge >= 0.3 is 6.18 Å². The SMILES string of the molecule is FC(F)(F)c1ccc(-c2nnc(C=Cc3ccccc3)o2)cc1. The van der Waals surface area contributed by atoms with E-state index in [4.69, 9.17) is 4.42 Å². The minimum absolute atomic E-state index is 0.173. The molecule has 0 spiro atoms. The second-order valence-corrected chi connectivity index (χ2v) is 4.76. The maximum atomic E-state index is 12.5. The van der Waals surface area contributed by atoms with Crippen molar-refractivity contribution in [3.05, 3.63) is 71.6 Å². The lowest BCUT2D eigenvalue weighted by Gasteiger charge is -2.05. The molecule has 0 amide bonds. The topological polar surface area (TPSA) is 38.9 Å². The first-order chi connectivity index (χ1) is 11.0. The maximum Gasteiger partial charge on any atom is 0.416 e. The van der Waals surface area contributed by atoms with Gasteiger partial charge in [-0.25, -0.2) is 0 Å². The lowest BCUT2D eigenvalue weighted by molar-refractivity contribution is -0.137. The summed E-state index contributed by atoms with van der Waals surface area (Å²) in [5.41, 5.74) is 0.691. The summed E-state index contributed by atoms with van der Waals surface area (Å²) in [5, 5.41) is 7.69. The van der Waals surface area contributed by atoms with Gasteiger partial charge in [0.1, 0.15) is 0 Å². The molecule has 6 heteroatoms. The van der Waals surface area contributed by atoms with E-state index in [1.54, 1.807) is 6.08 Å². The van der Waals surface area contributed by atoms with Crippen LogP contribution in [0.25, 0.3) is 23.6 Å². The molecule has 0 radical (unpaired) electrons. The highest BCUT2D eigenvalue weighted by Gasteiger charge is 2.30. The molecule has 0 saturated heterocycles. The van der Waals surface area contributed by atoms with Gasteiger partial charge in [-0.2, -0.15) is 13.2 Å². The Kier molecular flexibility index (Phi) is 3.97. The van der Waals surface area contributed by atoms with Gasteiger partial charge in [-0.3, -0.25) is 0 Å². The van der Waals surface area contributed by atoms with E-state index in [1.807, 2.05) is 36.4 Å². The first-order valence-corrected chi connectivity index (χ1v) is 6.77. The number of halogens is 3. The van der Waals surface area contributed by atoms with Gasteiger partial charge in [0, 0.05) is 11.6 Å². The second-order valence-electron chi connectivity index (χ2n) is 4.76. The number of benzene rings is 2. The second kappa shape index (κ2) is 6.08. The summed E-state index contributed by atoms with van der Waals surface area (Å²) in [6.07, 6.45) is -0.906. The van der Waals surface area contributed by atoms with Crippen molar-refractivity contribution in [3.8, 4) is 11.5 Å². The van der Waals surface area contributed by atoms with Gasteiger partial charge in [-0.15, -0.1) is 10.2 Å². The molecule has 0 unspecified atom stereocenters. The van der Waals surface area contributed by atoms with Gasteiger partial charge in [0.05, 0.1) is 5.56 Å². The Morgan fingerprint density at radius 3 is 2.17 bits per heavy atom. The Balaban J connectivity index is 1.78. The summed E-state index contributed by atoms with van der Waals surface area (Å²) in [6.45, 7) is 0.